The van der Waals surface area contributed by atoms with E-state index in [-0.39, 0.29) is 18.3 Å². The van der Waals surface area contributed by atoms with Crippen LogP contribution in [0.3, 0.4) is 0 Å². The second kappa shape index (κ2) is 9.85. The maximum atomic E-state index is 12.6. The summed E-state index contributed by atoms with van der Waals surface area (Å²) in [6.45, 7) is 2.72. The van der Waals surface area contributed by atoms with Gasteiger partial charge in [0.1, 0.15) is 0 Å². The number of amides is 1. The third-order valence-corrected chi connectivity index (χ3v) is 5.50. The van der Waals surface area contributed by atoms with Gasteiger partial charge in [0.05, 0.1) is 0 Å². The predicted octanol–water partition coefficient (Wildman–Crippen LogP) is 4.08. The maximum absolute atomic E-state index is 12.6. The SMILES string of the molecule is CNCC1CCN(C(=O)c2ccc(SCc3ccccc3)cc2)C1.Cl. The van der Waals surface area contributed by atoms with Crippen molar-refractivity contribution in [1.82, 2.24) is 10.2 Å². The molecule has 1 amide bonds. The number of halogens is 1. The normalized spacial score (nSPS) is 16.5. The summed E-state index contributed by atoms with van der Waals surface area (Å²) in [5, 5.41) is 3.20. The predicted molar refractivity (Wildman–Crippen MR) is 108 cm³/mol. The van der Waals surface area contributed by atoms with Crippen LogP contribution in [0.15, 0.2) is 59.5 Å². The number of hydrogen-bond acceptors (Lipinski definition) is 3. The standard InChI is InChI=1S/C20H24N2OS.ClH/c1-21-13-17-11-12-22(14-17)20(23)18-7-9-19(10-8-18)24-15-16-5-3-2-4-6-16;/h2-10,17,21H,11-15H2,1H3;1H. The topological polar surface area (TPSA) is 32.3 Å². The molecular weight excluding hydrogens is 352 g/mol. The highest BCUT2D eigenvalue weighted by molar-refractivity contribution is 7.98. The Bertz CT molecular complexity index is 663. The molecule has 1 aliphatic rings. The number of nitrogens with zero attached hydrogens (tertiary/aromatic N) is 1. The van der Waals surface area contributed by atoms with Gasteiger partial charge in [-0.2, -0.15) is 0 Å². The molecule has 2 aromatic rings. The lowest BCUT2D eigenvalue weighted by molar-refractivity contribution is 0.0787. The molecule has 5 heteroatoms. The van der Waals surface area contributed by atoms with E-state index in [1.807, 2.05) is 30.1 Å². The monoisotopic (exact) mass is 376 g/mol. The summed E-state index contributed by atoms with van der Waals surface area (Å²) < 4.78 is 0. The van der Waals surface area contributed by atoms with Gasteiger partial charge in [-0.3, -0.25) is 4.79 Å². The van der Waals surface area contributed by atoms with Crippen LogP contribution in [0.1, 0.15) is 22.3 Å². The van der Waals surface area contributed by atoms with E-state index in [0.29, 0.717) is 5.92 Å². The zero-order valence-corrected chi connectivity index (χ0v) is 16.1. The molecule has 1 saturated heterocycles. The Hall–Kier alpha value is -1.49. The van der Waals surface area contributed by atoms with Gasteiger partial charge in [-0.1, -0.05) is 30.3 Å². The Balaban J connectivity index is 0.00000225. The molecule has 0 spiro atoms. The minimum atomic E-state index is 0. The molecule has 2 aromatic carbocycles. The Morgan fingerprint density at radius 2 is 1.88 bits per heavy atom. The Morgan fingerprint density at radius 1 is 1.16 bits per heavy atom. The summed E-state index contributed by atoms with van der Waals surface area (Å²) in [6.07, 6.45) is 1.09. The van der Waals surface area contributed by atoms with E-state index in [1.54, 1.807) is 11.8 Å². The van der Waals surface area contributed by atoms with Crippen molar-refractivity contribution in [2.45, 2.75) is 17.1 Å². The number of benzene rings is 2. The molecular formula is C20H25ClN2OS. The van der Waals surface area contributed by atoms with Gasteiger partial charge in [0.15, 0.2) is 0 Å². The molecule has 0 aliphatic carbocycles. The summed E-state index contributed by atoms with van der Waals surface area (Å²) in [5.74, 6) is 1.69. The zero-order valence-electron chi connectivity index (χ0n) is 14.5. The first-order valence-electron chi connectivity index (χ1n) is 8.47. The fraction of sp³-hybridized carbons (Fsp3) is 0.350. The third-order valence-electron chi connectivity index (χ3n) is 4.42. The van der Waals surface area contributed by atoms with Gasteiger partial charge < -0.3 is 10.2 Å². The van der Waals surface area contributed by atoms with Crippen molar-refractivity contribution >= 4 is 30.1 Å². The molecule has 0 aromatic heterocycles. The Kier molecular flexibility index (Phi) is 7.82. The molecule has 1 heterocycles. The lowest BCUT2D eigenvalue weighted by Crippen LogP contribution is -2.30. The average Bonchev–Trinajstić information content (AvgIpc) is 3.10. The van der Waals surface area contributed by atoms with Crippen molar-refractivity contribution in [2.75, 3.05) is 26.7 Å². The highest BCUT2D eigenvalue weighted by Gasteiger charge is 2.26. The molecule has 134 valence electrons. The van der Waals surface area contributed by atoms with E-state index in [0.717, 1.165) is 37.4 Å². The number of carbonyl (C=O) groups excluding carboxylic acids is 1. The fourth-order valence-corrected chi connectivity index (χ4v) is 3.94. The smallest absolute Gasteiger partial charge is 0.253 e. The number of likely N-dealkylation sites (tertiary alicyclic amines) is 1. The summed E-state index contributed by atoms with van der Waals surface area (Å²) in [6, 6.07) is 18.5. The Morgan fingerprint density at radius 3 is 2.56 bits per heavy atom. The van der Waals surface area contributed by atoms with Crippen LogP contribution in [-0.2, 0) is 5.75 Å². The van der Waals surface area contributed by atoms with Crippen LogP contribution in [0.5, 0.6) is 0 Å². The number of thioether (sulfide) groups is 1. The summed E-state index contributed by atoms with van der Waals surface area (Å²) >= 11 is 1.80. The molecule has 3 rings (SSSR count). The fourth-order valence-electron chi connectivity index (χ4n) is 3.09. The van der Waals surface area contributed by atoms with Gasteiger partial charge in [-0.05, 0) is 55.8 Å². The van der Waals surface area contributed by atoms with E-state index >= 15 is 0 Å². The van der Waals surface area contributed by atoms with Gasteiger partial charge in [0.2, 0.25) is 0 Å². The summed E-state index contributed by atoms with van der Waals surface area (Å²) in [7, 11) is 1.97. The van der Waals surface area contributed by atoms with Gasteiger partial charge in [-0.25, -0.2) is 0 Å². The van der Waals surface area contributed by atoms with Crippen LogP contribution < -0.4 is 5.32 Å². The molecule has 0 radical (unpaired) electrons. The largest absolute Gasteiger partial charge is 0.338 e. The number of carbonyl (C=O) groups is 1. The maximum Gasteiger partial charge on any atom is 0.253 e. The van der Waals surface area contributed by atoms with Crippen LogP contribution in [0.4, 0.5) is 0 Å². The zero-order chi connectivity index (χ0) is 16.8. The van der Waals surface area contributed by atoms with Gasteiger partial charge in [-0.15, -0.1) is 24.2 Å². The van der Waals surface area contributed by atoms with Crippen LogP contribution in [-0.4, -0.2) is 37.5 Å². The van der Waals surface area contributed by atoms with Crippen molar-refractivity contribution in [2.24, 2.45) is 5.92 Å². The van der Waals surface area contributed by atoms with E-state index in [4.69, 9.17) is 0 Å². The number of rotatable bonds is 6. The van der Waals surface area contributed by atoms with Gasteiger partial charge in [0.25, 0.3) is 5.91 Å². The van der Waals surface area contributed by atoms with E-state index in [1.165, 1.54) is 10.5 Å². The summed E-state index contributed by atoms with van der Waals surface area (Å²) in [4.78, 5) is 15.8. The second-order valence-electron chi connectivity index (χ2n) is 6.26. The highest BCUT2D eigenvalue weighted by atomic mass is 35.5. The van der Waals surface area contributed by atoms with Crippen molar-refractivity contribution < 1.29 is 4.79 Å². The molecule has 0 bridgehead atoms. The lowest BCUT2D eigenvalue weighted by atomic mass is 10.1. The number of nitrogens with one attached hydrogen (secondary N) is 1. The van der Waals surface area contributed by atoms with E-state index in [9.17, 15) is 4.79 Å². The first-order chi connectivity index (χ1) is 11.8. The van der Waals surface area contributed by atoms with Crippen molar-refractivity contribution in [3.05, 3.63) is 65.7 Å². The third kappa shape index (κ3) is 5.50. The molecule has 1 N–H and O–H groups in total. The average molecular weight is 377 g/mol. The first kappa shape index (κ1) is 19.8. The summed E-state index contributed by atoms with van der Waals surface area (Å²) in [5.41, 5.74) is 2.11. The quantitative estimate of drug-likeness (QED) is 0.771. The van der Waals surface area contributed by atoms with Gasteiger partial charge >= 0.3 is 0 Å². The molecule has 1 atom stereocenters. The molecule has 0 saturated carbocycles. The van der Waals surface area contributed by atoms with Gasteiger partial charge in [0, 0.05) is 29.3 Å². The molecule has 1 fully saturated rings. The molecule has 3 nitrogen and oxygen atoms in total. The van der Waals surface area contributed by atoms with Crippen LogP contribution in [0.2, 0.25) is 0 Å². The first-order valence-corrected chi connectivity index (χ1v) is 9.45. The number of hydrogen-bond donors (Lipinski definition) is 1. The molecule has 1 unspecified atom stereocenters. The van der Waals surface area contributed by atoms with E-state index < -0.39 is 0 Å². The minimum absolute atomic E-state index is 0. The minimum Gasteiger partial charge on any atom is -0.338 e. The van der Waals surface area contributed by atoms with Crippen molar-refractivity contribution in [3.63, 3.8) is 0 Å². The molecule has 1 aliphatic heterocycles. The Labute approximate surface area is 160 Å². The van der Waals surface area contributed by atoms with Crippen molar-refractivity contribution in [3.8, 4) is 0 Å². The van der Waals surface area contributed by atoms with Crippen LogP contribution in [0.25, 0.3) is 0 Å². The lowest BCUT2D eigenvalue weighted by Gasteiger charge is -2.16. The van der Waals surface area contributed by atoms with E-state index in [2.05, 4.69) is 41.7 Å². The van der Waals surface area contributed by atoms with Crippen LogP contribution in [0, 0.1) is 5.92 Å². The van der Waals surface area contributed by atoms with Crippen molar-refractivity contribution in [1.29, 1.82) is 0 Å². The second-order valence-corrected chi connectivity index (χ2v) is 7.31. The highest BCUT2D eigenvalue weighted by Crippen LogP contribution is 2.24. The van der Waals surface area contributed by atoms with Crippen LogP contribution >= 0.6 is 24.2 Å². The molecule has 25 heavy (non-hydrogen) atoms.